The van der Waals surface area contributed by atoms with Gasteiger partial charge in [0.15, 0.2) is 0 Å². The van der Waals surface area contributed by atoms with Crippen molar-refractivity contribution >= 4 is 39.1 Å². The van der Waals surface area contributed by atoms with Crippen LogP contribution >= 0.6 is 23.2 Å². The van der Waals surface area contributed by atoms with Crippen molar-refractivity contribution in [2.45, 2.75) is 32.1 Å². The number of piperidine rings is 1. The molecule has 0 bridgehead atoms. The van der Waals surface area contributed by atoms with Gasteiger partial charge in [-0.15, -0.1) is 0 Å². The van der Waals surface area contributed by atoms with E-state index in [4.69, 9.17) is 23.2 Å². The van der Waals surface area contributed by atoms with E-state index in [2.05, 4.69) is 5.32 Å². The van der Waals surface area contributed by atoms with E-state index in [9.17, 15) is 13.2 Å². The Labute approximate surface area is 182 Å². The summed E-state index contributed by atoms with van der Waals surface area (Å²) in [7, 11) is -3.40. The number of nitrogens with zero attached hydrogens (tertiary/aromatic N) is 1. The van der Waals surface area contributed by atoms with Crippen LogP contribution in [0, 0.1) is 12.8 Å². The van der Waals surface area contributed by atoms with Gasteiger partial charge in [-0.1, -0.05) is 59.1 Å². The maximum Gasteiger partial charge on any atom is 0.223 e. The molecule has 1 fully saturated rings. The van der Waals surface area contributed by atoms with E-state index in [1.807, 2.05) is 31.2 Å². The largest absolute Gasteiger partial charge is 0.352 e. The summed E-state index contributed by atoms with van der Waals surface area (Å²) < 4.78 is 26.9. The quantitative estimate of drug-likeness (QED) is 0.712. The molecule has 1 saturated heterocycles. The topological polar surface area (TPSA) is 66.5 Å². The van der Waals surface area contributed by atoms with E-state index in [0.29, 0.717) is 42.5 Å². The molecule has 5 nitrogen and oxygen atoms in total. The van der Waals surface area contributed by atoms with Crippen molar-refractivity contribution in [1.82, 2.24) is 9.62 Å². The van der Waals surface area contributed by atoms with Crippen molar-refractivity contribution in [1.29, 1.82) is 0 Å². The zero-order valence-electron chi connectivity index (χ0n) is 16.2. The van der Waals surface area contributed by atoms with Crippen molar-refractivity contribution in [3.05, 3.63) is 69.2 Å². The van der Waals surface area contributed by atoms with Gasteiger partial charge in [0.1, 0.15) is 0 Å². The molecule has 0 spiro atoms. The minimum atomic E-state index is -3.40. The van der Waals surface area contributed by atoms with Crippen LogP contribution in [0.15, 0.2) is 42.5 Å². The molecule has 3 rings (SSSR count). The number of carbonyl (C=O) groups excluding carboxylic acids is 1. The summed E-state index contributed by atoms with van der Waals surface area (Å²) in [4.78, 5) is 12.5. The monoisotopic (exact) mass is 454 g/mol. The fraction of sp³-hybridized carbons (Fsp3) is 0.381. The van der Waals surface area contributed by atoms with Crippen molar-refractivity contribution in [3.8, 4) is 0 Å². The highest BCUT2D eigenvalue weighted by molar-refractivity contribution is 7.88. The van der Waals surface area contributed by atoms with E-state index in [0.717, 1.165) is 16.7 Å². The normalized spacial score (nSPS) is 16.0. The Morgan fingerprint density at radius 3 is 2.52 bits per heavy atom. The summed E-state index contributed by atoms with van der Waals surface area (Å²) in [5.74, 6) is -0.293. The molecule has 1 aliphatic rings. The third-order valence-corrected chi connectivity index (χ3v) is 7.55. The minimum Gasteiger partial charge on any atom is -0.352 e. The van der Waals surface area contributed by atoms with Gasteiger partial charge in [0.2, 0.25) is 15.9 Å². The van der Waals surface area contributed by atoms with Crippen LogP contribution in [0.3, 0.4) is 0 Å². The number of sulfonamides is 1. The smallest absolute Gasteiger partial charge is 0.223 e. The summed E-state index contributed by atoms with van der Waals surface area (Å²) in [6.07, 6.45) is 1.01. The lowest BCUT2D eigenvalue weighted by molar-refractivity contribution is -0.126. The number of hydrogen-bond donors (Lipinski definition) is 1. The molecule has 1 heterocycles. The Hall–Kier alpha value is -1.60. The summed E-state index contributed by atoms with van der Waals surface area (Å²) in [5, 5.41) is 3.95. The summed E-state index contributed by atoms with van der Waals surface area (Å²) in [5.41, 5.74) is 2.61. The van der Waals surface area contributed by atoms with Crippen molar-refractivity contribution < 1.29 is 13.2 Å². The lowest BCUT2D eigenvalue weighted by Gasteiger charge is -2.30. The van der Waals surface area contributed by atoms with Crippen molar-refractivity contribution in [2.75, 3.05) is 13.1 Å². The fourth-order valence-electron chi connectivity index (χ4n) is 3.49. The number of halogens is 2. The molecule has 0 saturated carbocycles. The summed E-state index contributed by atoms with van der Waals surface area (Å²) in [6, 6.07) is 12.7. The number of carbonyl (C=O) groups is 1. The molecule has 2 aromatic carbocycles. The number of aryl methyl sites for hydroxylation is 1. The SMILES string of the molecule is Cc1cccc(CS(=O)(=O)N2CCC(C(=O)NCc3ccc(Cl)cc3Cl)CC2)c1. The van der Waals surface area contributed by atoms with Crippen LogP contribution in [0.25, 0.3) is 0 Å². The predicted octanol–water partition coefficient (Wildman–Crippen LogP) is 4.16. The van der Waals surface area contributed by atoms with E-state index >= 15 is 0 Å². The first-order chi connectivity index (χ1) is 13.7. The van der Waals surface area contributed by atoms with Gasteiger partial charge >= 0.3 is 0 Å². The van der Waals surface area contributed by atoms with Gasteiger partial charge in [0.25, 0.3) is 0 Å². The molecule has 8 heteroatoms. The third-order valence-electron chi connectivity index (χ3n) is 5.12. The van der Waals surface area contributed by atoms with Gasteiger partial charge in [-0.05, 0) is 43.0 Å². The van der Waals surface area contributed by atoms with Gasteiger partial charge in [-0.25, -0.2) is 12.7 Å². The fourth-order valence-corrected chi connectivity index (χ4v) is 5.52. The maximum atomic E-state index is 12.7. The first-order valence-corrected chi connectivity index (χ1v) is 11.9. The van der Waals surface area contributed by atoms with Crippen LogP contribution < -0.4 is 5.32 Å². The molecule has 1 N–H and O–H groups in total. The molecule has 29 heavy (non-hydrogen) atoms. The molecule has 0 aromatic heterocycles. The van der Waals surface area contributed by atoms with Crippen LogP contribution in [0.5, 0.6) is 0 Å². The first-order valence-electron chi connectivity index (χ1n) is 9.49. The Morgan fingerprint density at radius 1 is 1.14 bits per heavy atom. The van der Waals surface area contributed by atoms with Crippen LogP contribution in [0.4, 0.5) is 0 Å². The van der Waals surface area contributed by atoms with Crippen LogP contribution in [-0.4, -0.2) is 31.7 Å². The summed E-state index contributed by atoms with van der Waals surface area (Å²) in [6.45, 7) is 2.97. The van der Waals surface area contributed by atoms with Gasteiger partial charge in [0, 0.05) is 35.6 Å². The Bertz CT molecular complexity index is 987. The Kier molecular flexibility index (Phi) is 7.22. The molecule has 0 radical (unpaired) electrons. The molecule has 0 unspecified atom stereocenters. The van der Waals surface area contributed by atoms with Gasteiger partial charge < -0.3 is 5.32 Å². The molecular formula is C21H24Cl2N2O3S. The van der Waals surface area contributed by atoms with Crippen LogP contribution in [0.1, 0.15) is 29.5 Å². The summed E-state index contributed by atoms with van der Waals surface area (Å²) >= 11 is 12.0. The number of rotatable bonds is 6. The Balaban J connectivity index is 1.52. The zero-order valence-corrected chi connectivity index (χ0v) is 18.5. The van der Waals surface area contributed by atoms with E-state index in [1.54, 1.807) is 18.2 Å². The third kappa shape index (κ3) is 5.95. The molecule has 0 aliphatic carbocycles. The predicted molar refractivity (Wildman–Crippen MR) is 116 cm³/mol. The maximum absolute atomic E-state index is 12.7. The highest BCUT2D eigenvalue weighted by atomic mass is 35.5. The first kappa shape index (κ1) is 22.1. The molecule has 156 valence electrons. The van der Waals surface area contributed by atoms with Crippen LogP contribution in [-0.2, 0) is 27.1 Å². The minimum absolute atomic E-state index is 0.0133. The van der Waals surface area contributed by atoms with Crippen molar-refractivity contribution in [2.24, 2.45) is 5.92 Å². The van der Waals surface area contributed by atoms with E-state index in [-0.39, 0.29) is 17.6 Å². The van der Waals surface area contributed by atoms with Crippen molar-refractivity contribution in [3.63, 3.8) is 0 Å². The average Bonchev–Trinajstić information content (AvgIpc) is 2.67. The standard InChI is InChI=1S/C21H24Cl2N2O3S/c1-15-3-2-4-16(11-15)14-29(27,28)25-9-7-17(8-10-25)21(26)24-13-18-5-6-19(22)12-20(18)23/h2-6,11-12,17H,7-10,13-14H2,1H3,(H,24,26). The zero-order chi connectivity index (χ0) is 21.0. The number of hydrogen-bond acceptors (Lipinski definition) is 3. The van der Waals surface area contributed by atoms with Gasteiger partial charge in [-0.2, -0.15) is 0 Å². The second-order valence-corrected chi connectivity index (χ2v) is 10.2. The second-order valence-electron chi connectivity index (χ2n) is 7.37. The lowest BCUT2D eigenvalue weighted by atomic mass is 9.97. The molecule has 2 aromatic rings. The lowest BCUT2D eigenvalue weighted by Crippen LogP contribution is -2.43. The number of benzene rings is 2. The van der Waals surface area contributed by atoms with Gasteiger partial charge in [-0.3, -0.25) is 4.79 Å². The second kappa shape index (κ2) is 9.47. The van der Waals surface area contributed by atoms with Gasteiger partial charge in [0.05, 0.1) is 5.75 Å². The average molecular weight is 455 g/mol. The Morgan fingerprint density at radius 2 is 1.86 bits per heavy atom. The number of amides is 1. The van der Waals surface area contributed by atoms with Crippen LogP contribution in [0.2, 0.25) is 10.0 Å². The number of nitrogens with one attached hydrogen (secondary N) is 1. The highest BCUT2D eigenvalue weighted by Crippen LogP contribution is 2.24. The molecular weight excluding hydrogens is 431 g/mol. The van der Waals surface area contributed by atoms with E-state index < -0.39 is 10.0 Å². The highest BCUT2D eigenvalue weighted by Gasteiger charge is 2.31. The van der Waals surface area contributed by atoms with E-state index in [1.165, 1.54) is 4.31 Å². The molecule has 1 amide bonds. The molecule has 0 atom stereocenters. The molecule has 1 aliphatic heterocycles.